The minimum atomic E-state index is 0.210. The maximum absolute atomic E-state index is 6.20. The van der Waals surface area contributed by atoms with Crippen molar-refractivity contribution in [2.45, 2.75) is 18.9 Å². The summed E-state index contributed by atoms with van der Waals surface area (Å²) in [6.07, 6.45) is 11.2. The van der Waals surface area contributed by atoms with E-state index in [0.717, 1.165) is 87.5 Å². The molecule has 0 unspecified atom stereocenters. The molecule has 0 aliphatic carbocycles. The van der Waals surface area contributed by atoms with Gasteiger partial charge in [0.2, 0.25) is 0 Å². The van der Waals surface area contributed by atoms with Crippen LogP contribution in [0.4, 0.5) is 0 Å². The van der Waals surface area contributed by atoms with Gasteiger partial charge in [0.05, 0.1) is 40.5 Å². The van der Waals surface area contributed by atoms with Crippen molar-refractivity contribution in [1.29, 1.82) is 0 Å². The van der Waals surface area contributed by atoms with Gasteiger partial charge in [0.15, 0.2) is 0 Å². The maximum atomic E-state index is 6.20. The lowest BCUT2D eigenvalue weighted by Gasteiger charge is -2.23. The van der Waals surface area contributed by atoms with Crippen LogP contribution in [0.3, 0.4) is 0 Å². The Bertz CT molecular complexity index is 1700. The van der Waals surface area contributed by atoms with Gasteiger partial charge in [0.1, 0.15) is 23.1 Å². The van der Waals surface area contributed by atoms with Crippen LogP contribution in [0.5, 0.6) is 5.75 Å². The molecule has 0 radical (unpaired) electrons. The molecule has 9 nitrogen and oxygen atoms in total. The Morgan fingerprint density at radius 2 is 1.78 bits per heavy atom. The van der Waals surface area contributed by atoms with Crippen LogP contribution in [0.2, 0.25) is 0 Å². The lowest BCUT2D eigenvalue weighted by atomic mass is 10.1. The number of aromatic amines is 2. The number of rotatable bonds is 5. The molecule has 3 N–H and O–H groups in total. The number of pyridine rings is 4. The highest BCUT2D eigenvalue weighted by Crippen LogP contribution is 2.33. The molecular weight excluding hydrogens is 464 g/mol. The number of nitrogens with zero attached hydrogens (tertiary/aromatic N) is 5. The first kappa shape index (κ1) is 21.6. The van der Waals surface area contributed by atoms with Crippen molar-refractivity contribution in [3.8, 4) is 39.7 Å². The van der Waals surface area contributed by atoms with E-state index in [0.29, 0.717) is 0 Å². The average molecular weight is 489 g/mol. The predicted molar refractivity (Wildman–Crippen MR) is 142 cm³/mol. The molecule has 0 aromatic carbocycles. The first-order valence-electron chi connectivity index (χ1n) is 12.4. The van der Waals surface area contributed by atoms with Gasteiger partial charge < -0.3 is 15.0 Å². The lowest BCUT2D eigenvalue weighted by Crippen LogP contribution is -2.34. The summed E-state index contributed by atoms with van der Waals surface area (Å²) in [6.45, 7) is 1.96. The summed E-state index contributed by atoms with van der Waals surface area (Å²) < 4.78 is 6.20. The number of H-pyrrole nitrogens is 2. The van der Waals surface area contributed by atoms with Gasteiger partial charge in [0.25, 0.3) is 0 Å². The Hall–Kier alpha value is -4.63. The van der Waals surface area contributed by atoms with Gasteiger partial charge in [-0.05, 0) is 62.3 Å². The monoisotopic (exact) mass is 488 g/mol. The maximum Gasteiger partial charge on any atom is 0.138 e. The molecule has 0 bridgehead atoms. The van der Waals surface area contributed by atoms with E-state index in [9.17, 15) is 0 Å². The number of aromatic nitrogens is 7. The topological polar surface area (TPSA) is 117 Å². The number of nitrogens with one attached hydrogen (secondary N) is 3. The molecule has 1 saturated heterocycles. The summed E-state index contributed by atoms with van der Waals surface area (Å²) >= 11 is 0. The van der Waals surface area contributed by atoms with Crippen molar-refractivity contribution in [1.82, 2.24) is 40.4 Å². The summed E-state index contributed by atoms with van der Waals surface area (Å²) in [7, 11) is 0. The van der Waals surface area contributed by atoms with Crippen LogP contribution in [-0.4, -0.2) is 54.3 Å². The third-order valence-corrected chi connectivity index (χ3v) is 6.75. The number of hydrogen-bond donors (Lipinski definition) is 3. The summed E-state index contributed by atoms with van der Waals surface area (Å²) in [5.41, 5.74) is 7.70. The zero-order valence-electron chi connectivity index (χ0n) is 20.0. The third-order valence-electron chi connectivity index (χ3n) is 6.75. The molecule has 0 saturated carbocycles. The van der Waals surface area contributed by atoms with E-state index in [4.69, 9.17) is 9.72 Å². The highest BCUT2D eigenvalue weighted by Gasteiger charge is 2.17. The molecule has 37 heavy (non-hydrogen) atoms. The van der Waals surface area contributed by atoms with Gasteiger partial charge in [0, 0.05) is 35.1 Å². The number of ether oxygens (including phenoxy) is 1. The fraction of sp³-hybridized carbons (Fsp3) is 0.179. The fourth-order valence-electron chi connectivity index (χ4n) is 4.88. The Balaban J connectivity index is 1.26. The summed E-state index contributed by atoms with van der Waals surface area (Å²) in [5, 5.41) is 12.1. The van der Waals surface area contributed by atoms with Crippen molar-refractivity contribution < 1.29 is 4.74 Å². The first-order chi connectivity index (χ1) is 18.3. The van der Waals surface area contributed by atoms with E-state index in [1.165, 1.54) is 0 Å². The van der Waals surface area contributed by atoms with E-state index in [1.54, 1.807) is 12.4 Å². The Morgan fingerprint density at radius 1 is 0.865 bits per heavy atom. The molecule has 6 aromatic rings. The molecule has 182 valence electrons. The molecule has 7 rings (SSSR count). The molecular formula is C28H24N8O. The SMILES string of the molecule is c1ccc(-c2cncc3[nH]c(-c4n[nH]c5ccc(-c6cncc(OC7CCNCC7)c6)nc45)cc23)nc1. The number of hydrogen-bond acceptors (Lipinski definition) is 7. The molecule has 1 fully saturated rings. The fourth-order valence-corrected chi connectivity index (χ4v) is 4.88. The zero-order valence-corrected chi connectivity index (χ0v) is 20.0. The lowest BCUT2D eigenvalue weighted by molar-refractivity contribution is 0.162. The normalized spacial score (nSPS) is 14.4. The van der Waals surface area contributed by atoms with Crippen LogP contribution in [-0.2, 0) is 0 Å². The average Bonchev–Trinajstić information content (AvgIpc) is 3.58. The van der Waals surface area contributed by atoms with E-state index >= 15 is 0 Å². The molecule has 0 amide bonds. The minimum Gasteiger partial charge on any atom is -0.489 e. The second-order valence-electron chi connectivity index (χ2n) is 9.19. The molecule has 1 aliphatic rings. The first-order valence-corrected chi connectivity index (χ1v) is 12.4. The van der Waals surface area contributed by atoms with Crippen LogP contribution in [0.15, 0.2) is 73.4 Å². The van der Waals surface area contributed by atoms with Crippen molar-refractivity contribution in [2.75, 3.05) is 13.1 Å². The van der Waals surface area contributed by atoms with Crippen LogP contribution < -0.4 is 10.1 Å². The second kappa shape index (κ2) is 9.11. The second-order valence-corrected chi connectivity index (χ2v) is 9.19. The van der Waals surface area contributed by atoms with Crippen molar-refractivity contribution >= 4 is 21.9 Å². The van der Waals surface area contributed by atoms with Crippen molar-refractivity contribution in [2.24, 2.45) is 0 Å². The van der Waals surface area contributed by atoms with Crippen molar-refractivity contribution in [3.05, 3.63) is 73.4 Å². The molecule has 0 spiro atoms. The van der Waals surface area contributed by atoms with Crippen LogP contribution in [0.1, 0.15) is 12.8 Å². The highest BCUT2D eigenvalue weighted by atomic mass is 16.5. The van der Waals surface area contributed by atoms with Gasteiger partial charge in [-0.15, -0.1) is 0 Å². The Kier molecular flexibility index (Phi) is 5.32. The number of piperidine rings is 1. The van der Waals surface area contributed by atoms with E-state index in [-0.39, 0.29) is 6.10 Å². The summed E-state index contributed by atoms with van der Waals surface area (Å²) in [6, 6.07) is 13.9. The minimum absolute atomic E-state index is 0.210. The van der Waals surface area contributed by atoms with E-state index in [2.05, 4.69) is 41.5 Å². The zero-order chi connectivity index (χ0) is 24.6. The van der Waals surface area contributed by atoms with Gasteiger partial charge in [-0.2, -0.15) is 5.10 Å². The molecule has 6 aromatic heterocycles. The third kappa shape index (κ3) is 4.09. The molecule has 9 heteroatoms. The van der Waals surface area contributed by atoms with Crippen LogP contribution in [0.25, 0.3) is 55.8 Å². The molecule has 0 atom stereocenters. The quantitative estimate of drug-likeness (QED) is 0.320. The Morgan fingerprint density at radius 3 is 2.68 bits per heavy atom. The molecule has 1 aliphatic heterocycles. The largest absolute Gasteiger partial charge is 0.489 e. The highest BCUT2D eigenvalue weighted by molar-refractivity contribution is 5.99. The van der Waals surface area contributed by atoms with Gasteiger partial charge in [-0.1, -0.05) is 6.07 Å². The van der Waals surface area contributed by atoms with E-state index in [1.807, 2.05) is 55.0 Å². The summed E-state index contributed by atoms with van der Waals surface area (Å²) in [5.74, 6) is 0.767. The van der Waals surface area contributed by atoms with Gasteiger partial charge >= 0.3 is 0 Å². The van der Waals surface area contributed by atoms with Gasteiger partial charge in [-0.3, -0.25) is 20.1 Å². The van der Waals surface area contributed by atoms with Crippen LogP contribution in [0, 0.1) is 0 Å². The van der Waals surface area contributed by atoms with Gasteiger partial charge in [-0.25, -0.2) is 4.98 Å². The molecule has 7 heterocycles. The number of fused-ring (bicyclic) bond motifs is 2. The predicted octanol–water partition coefficient (Wildman–Crippen LogP) is 4.76. The Labute approximate surface area is 212 Å². The smallest absolute Gasteiger partial charge is 0.138 e. The summed E-state index contributed by atoms with van der Waals surface area (Å²) in [4.78, 5) is 21.8. The van der Waals surface area contributed by atoms with E-state index < -0.39 is 0 Å². The van der Waals surface area contributed by atoms with Crippen molar-refractivity contribution in [3.63, 3.8) is 0 Å². The standard InChI is InChI=1S/C28H24N8O/c1-2-8-32-23(3-1)21-15-31-16-26-20(21)12-25(33-26)28-27-24(35-36-28)5-4-22(34-27)17-11-19(14-30-13-17)37-18-6-9-29-10-7-18/h1-5,8,11-16,18,29,33H,6-7,9-10H2,(H,35,36). The van der Waals surface area contributed by atoms with Crippen LogP contribution >= 0.6 is 0 Å².